The Hall–Kier alpha value is -2.87. The highest BCUT2D eigenvalue weighted by Crippen LogP contribution is 2.43. The molecule has 0 fully saturated rings. The summed E-state index contributed by atoms with van der Waals surface area (Å²) in [5, 5.41) is 4.37. The van der Waals surface area contributed by atoms with Gasteiger partial charge in [0.15, 0.2) is 17.2 Å². The topological polar surface area (TPSA) is 64.3 Å². The fraction of sp³-hybridized carbons (Fsp3) is 0.316. The summed E-state index contributed by atoms with van der Waals surface area (Å²) < 4.78 is 23.6. The van der Waals surface area contributed by atoms with E-state index >= 15 is 0 Å². The van der Waals surface area contributed by atoms with Crippen molar-refractivity contribution >= 4 is 22.9 Å². The minimum Gasteiger partial charge on any atom is -0.494 e. The highest BCUT2D eigenvalue weighted by Gasteiger charge is 2.37. The van der Waals surface area contributed by atoms with Crippen molar-refractivity contribution in [3.8, 4) is 23.0 Å². The Bertz CT molecular complexity index is 843. The summed E-state index contributed by atoms with van der Waals surface area (Å²) in [6.45, 7) is 2.57. The highest BCUT2D eigenvalue weighted by atomic mass is 32.1. The largest absolute Gasteiger partial charge is 0.494 e. The fourth-order valence-corrected chi connectivity index (χ4v) is 3.22. The second-order valence-electron chi connectivity index (χ2n) is 5.71. The van der Waals surface area contributed by atoms with E-state index < -0.39 is 0 Å². The van der Waals surface area contributed by atoms with Gasteiger partial charge in [0, 0.05) is 17.7 Å². The van der Waals surface area contributed by atoms with Crippen LogP contribution in [-0.4, -0.2) is 37.6 Å². The molecule has 0 aromatic heterocycles. The molecule has 0 saturated heterocycles. The molecular weight excluding hydrogens is 366 g/mol. The minimum absolute atomic E-state index is 0.251. The molecule has 0 radical (unpaired) electrons. The van der Waals surface area contributed by atoms with Gasteiger partial charge in [-0.15, -0.1) is 10.1 Å². The van der Waals surface area contributed by atoms with Gasteiger partial charge in [-0.3, -0.25) is 0 Å². The SMILES string of the molecule is CCOc1ccc([C@@H]2C(=S)NN=[N+]2c2cc(OC)c(OC)c(OC)c2)cc1. The molecule has 1 aliphatic heterocycles. The summed E-state index contributed by atoms with van der Waals surface area (Å²) in [5.41, 5.74) is 4.65. The third-order valence-corrected chi connectivity index (χ3v) is 4.50. The average molecular weight is 388 g/mol. The summed E-state index contributed by atoms with van der Waals surface area (Å²) in [6, 6.07) is 11.2. The molecule has 2 aromatic rings. The van der Waals surface area contributed by atoms with Crippen LogP contribution in [0.4, 0.5) is 5.69 Å². The Morgan fingerprint density at radius 1 is 1.04 bits per heavy atom. The number of thiocarbonyl (C=S) groups is 1. The molecule has 1 heterocycles. The summed E-state index contributed by atoms with van der Waals surface area (Å²) in [4.78, 5) is 0.605. The summed E-state index contributed by atoms with van der Waals surface area (Å²) in [7, 11) is 4.73. The molecule has 0 unspecified atom stereocenters. The van der Waals surface area contributed by atoms with E-state index in [2.05, 4.69) is 10.6 Å². The van der Waals surface area contributed by atoms with Gasteiger partial charge < -0.3 is 18.9 Å². The van der Waals surface area contributed by atoms with Crippen LogP contribution in [0.3, 0.4) is 0 Å². The zero-order valence-electron chi connectivity index (χ0n) is 15.7. The molecule has 0 aliphatic carbocycles. The van der Waals surface area contributed by atoms with Crippen LogP contribution in [0.15, 0.2) is 41.6 Å². The zero-order valence-corrected chi connectivity index (χ0v) is 16.5. The number of nitrogens with one attached hydrogen (secondary N) is 1. The molecule has 7 nitrogen and oxygen atoms in total. The van der Waals surface area contributed by atoms with Gasteiger partial charge in [0.05, 0.1) is 33.2 Å². The number of benzene rings is 2. The lowest BCUT2D eigenvalue weighted by Gasteiger charge is -2.15. The number of nitrogens with zero attached hydrogens (tertiary/aromatic N) is 2. The van der Waals surface area contributed by atoms with Crippen molar-refractivity contribution in [2.45, 2.75) is 13.0 Å². The quantitative estimate of drug-likeness (QED) is 0.575. The van der Waals surface area contributed by atoms with Crippen molar-refractivity contribution in [2.75, 3.05) is 27.9 Å². The highest BCUT2D eigenvalue weighted by molar-refractivity contribution is 7.80. The van der Waals surface area contributed by atoms with E-state index in [0.717, 1.165) is 17.0 Å². The lowest BCUT2D eigenvalue weighted by molar-refractivity contribution is -0.533. The standard InChI is InChI=1S/C19H21N3O4S/c1-5-26-14-8-6-12(7-9-14)17-19(27)20-21-22(17)13-10-15(23-2)18(25-4)16(11-13)24-3/h6-11,17H,5H2,1-4H3/p+1/t17-/m1/s1. The van der Waals surface area contributed by atoms with Crippen LogP contribution in [0.2, 0.25) is 0 Å². The second-order valence-corrected chi connectivity index (χ2v) is 6.15. The lowest BCUT2D eigenvalue weighted by Crippen LogP contribution is -2.19. The van der Waals surface area contributed by atoms with Crippen molar-refractivity contribution in [1.29, 1.82) is 0 Å². The van der Waals surface area contributed by atoms with Gasteiger partial charge in [-0.05, 0) is 31.3 Å². The first kappa shape index (κ1) is 18.9. The predicted molar refractivity (Wildman–Crippen MR) is 105 cm³/mol. The Balaban J connectivity index is 2.01. The smallest absolute Gasteiger partial charge is 0.239 e. The van der Waals surface area contributed by atoms with Crippen molar-refractivity contribution in [3.63, 3.8) is 0 Å². The average Bonchev–Trinajstić information content (AvgIpc) is 3.09. The number of hydrogen-bond acceptors (Lipinski definition) is 6. The van der Waals surface area contributed by atoms with Gasteiger partial charge in [0.25, 0.3) is 0 Å². The summed E-state index contributed by atoms with van der Waals surface area (Å²) in [6.07, 6.45) is 0. The molecule has 1 aliphatic rings. The summed E-state index contributed by atoms with van der Waals surface area (Å²) in [5.74, 6) is 2.43. The first-order valence-electron chi connectivity index (χ1n) is 8.45. The Morgan fingerprint density at radius 3 is 2.19 bits per heavy atom. The number of hydrogen-bond donors (Lipinski definition) is 1. The molecule has 1 N–H and O–H groups in total. The summed E-state index contributed by atoms with van der Waals surface area (Å²) >= 11 is 5.49. The molecule has 27 heavy (non-hydrogen) atoms. The van der Waals surface area contributed by atoms with Gasteiger partial charge in [0.2, 0.25) is 16.8 Å². The molecule has 1 atom stereocenters. The van der Waals surface area contributed by atoms with Crippen LogP contribution >= 0.6 is 12.2 Å². The van der Waals surface area contributed by atoms with E-state index in [9.17, 15) is 0 Å². The van der Waals surface area contributed by atoms with E-state index in [1.165, 1.54) is 0 Å². The molecule has 0 spiro atoms. The van der Waals surface area contributed by atoms with Crippen LogP contribution in [0.25, 0.3) is 0 Å². The molecule has 0 bridgehead atoms. The van der Waals surface area contributed by atoms with Crippen molar-refractivity contribution in [2.24, 2.45) is 5.22 Å². The van der Waals surface area contributed by atoms with Gasteiger partial charge in [-0.25, -0.2) is 0 Å². The number of ether oxygens (including phenoxy) is 4. The van der Waals surface area contributed by atoms with Crippen LogP contribution in [0.5, 0.6) is 23.0 Å². The Labute approximate surface area is 163 Å². The zero-order chi connectivity index (χ0) is 19.4. The number of methoxy groups -OCH3 is 3. The van der Waals surface area contributed by atoms with Gasteiger partial charge >= 0.3 is 0 Å². The van der Waals surface area contributed by atoms with Crippen molar-refractivity contribution < 1.29 is 23.6 Å². The van der Waals surface area contributed by atoms with Crippen LogP contribution in [0.1, 0.15) is 18.5 Å². The third kappa shape index (κ3) is 3.66. The first-order chi connectivity index (χ1) is 13.1. The molecular formula is C19H22N3O4S+. The Morgan fingerprint density at radius 2 is 1.67 bits per heavy atom. The van der Waals surface area contributed by atoms with Gasteiger partial charge in [0.1, 0.15) is 5.75 Å². The maximum atomic E-state index is 5.52. The fourth-order valence-electron chi connectivity index (χ4n) is 2.95. The minimum atomic E-state index is -0.251. The maximum Gasteiger partial charge on any atom is 0.239 e. The Kier molecular flexibility index (Phi) is 5.75. The third-order valence-electron chi connectivity index (χ3n) is 4.18. The van der Waals surface area contributed by atoms with Gasteiger partial charge in [-0.1, -0.05) is 12.1 Å². The van der Waals surface area contributed by atoms with E-state index in [1.807, 2.05) is 43.3 Å². The first-order valence-corrected chi connectivity index (χ1v) is 8.86. The normalized spacial score (nSPS) is 15.8. The van der Waals surface area contributed by atoms with Crippen molar-refractivity contribution in [3.05, 3.63) is 42.0 Å². The molecule has 0 saturated carbocycles. The molecule has 8 heteroatoms. The molecule has 142 valence electrons. The number of rotatable bonds is 7. The monoisotopic (exact) mass is 388 g/mol. The molecule has 2 aromatic carbocycles. The van der Waals surface area contributed by atoms with Crippen LogP contribution in [0, 0.1) is 0 Å². The second kappa shape index (κ2) is 8.22. The van der Waals surface area contributed by atoms with E-state index in [-0.39, 0.29) is 6.04 Å². The molecule has 0 amide bonds. The van der Waals surface area contributed by atoms with E-state index in [0.29, 0.717) is 28.8 Å². The maximum absolute atomic E-state index is 5.52. The van der Waals surface area contributed by atoms with Crippen molar-refractivity contribution in [1.82, 2.24) is 5.43 Å². The van der Waals surface area contributed by atoms with E-state index in [4.69, 9.17) is 31.2 Å². The molecule has 3 rings (SSSR count). The van der Waals surface area contributed by atoms with Crippen LogP contribution in [-0.2, 0) is 0 Å². The lowest BCUT2D eigenvalue weighted by atomic mass is 10.1. The van der Waals surface area contributed by atoms with E-state index in [1.54, 1.807) is 26.0 Å². The van der Waals surface area contributed by atoms with Gasteiger partial charge in [-0.2, -0.15) is 0 Å². The predicted octanol–water partition coefficient (Wildman–Crippen LogP) is 3.79. The van der Waals surface area contributed by atoms with Crippen LogP contribution < -0.4 is 24.4 Å².